The minimum Gasteiger partial charge on any atom is -0.476 e. The van der Waals surface area contributed by atoms with Crippen molar-refractivity contribution in [3.8, 4) is 5.75 Å². The van der Waals surface area contributed by atoms with Crippen molar-refractivity contribution in [3.63, 3.8) is 0 Å². The second-order valence-electron chi connectivity index (χ2n) is 10.6. The van der Waals surface area contributed by atoms with E-state index in [1.165, 1.54) is 0 Å². The van der Waals surface area contributed by atoms with Crippen molar-refractivity contribution < 1.29 is 23.4 Å². The predicted molar refractivity (Wildman–Crippen MR) is 161 cm³/mol. The van der Waals surface area contributed by atoms with E-state index in [4.69, 9.17) is 18.6 Å². The first-order chi connectivity index (χ1) is 19.5. The fourth-order valence-corrected chi connectivity index (χ4v) is 4.42. The summed E-state index contributed by atoms with van der Waals surface area (Å²) in [6.07, 6.45) is 4.04. The van der Waals surface area contributed by atoms with Crippen molar-refractivity contribution in [2.45, 2.75) is 73.6 Å². The standard InChI is InChI=1S/C34H42N2O5/c1-9-30(29-14-12-11-13-15-29)40-27(6)24(3)16-18-36(23-31-35-17-19-39-31)22-28-20-25(4)32(26(5)21-28)41-34(7,8)33(37)38-10-2/h11-15,17,19-21H,1,10,16,18,22-23H2,2-8H3/b27-24+. The number of carbonyl (C=O) groups is 1. The smallest absolute Gasteiger partial charge is 0.349 e. The average Bonchev–Trinajstić information content (AvgIpc) is 3.45. The molecule has 1 heterocycles. The first-order valence-corrected chi connectivity index (χ1v) is 13.9. The molecule has 41 heavy (non-hydrogen) atoms. The van der Waals surface area contributed by atoms with Crippen LogP contribution in [0.1, 0.15) is 69.2 Å². The second kappa shape index (κ2) is 14.5. The maximum atomic E-state index is 12.4. The van der Waals surface area contributed by atoms with Gasteiger partial charge in [-0.15, -0.1) is 0 Å². The number of hydrogen-bond donors (Lipinski definition) is 0. The van der Waals surface area contributed by atoms with E-state index in [0.29, 0.717) is 37.1 Å². The van der Waals surface area contributed by atoms with E-state index in [0.717, 1.165) is 46.6 Å². The Morgan fingerprint density at radius 3 is 2.37 bits per heavy atom. The monoisotopic (exact) mass is 558 g/mol. The molecule has 0 aliphatic carbocycles. The number of aryl methyl sites for hydroxylation is 2. The predicted octanol–water partition coefficient (Wildman–Crippen LogP) is 7.54. The van der Waals surface area contributed by atoms with Crippen LogP contribution >= 0.6 is 0 Å². The van der Waals surface area contributed by atoms with Gasteiger partial charge in [-0.2, -0.15) is 0 Å². The number of carbonyl (C=O) groups excluding carboxylic acids is 1. The molecule has 218 valence electrons. The molecule has 2 aromatic carbocycles. The first-order valence-electron chi connectivity index (χ1n) is 13.9. The number of oxazole rings is 1. The van der Waals surface area contributed by atoms with Crippen LogP contribution in [0.25, 0.3) is 5.76 Å². The third kappa shape index (κ3) is 8.97. The van der Waals surface area contributed by atoms with Crippen LogP contribution in [0.15, 0.2) is 83.0 Å². The lowest BCUT2D eigenvalue weighted by molar-refractivity contribution is -0.158. The summed E-state index contributed by atoms with van der Waals surface area (Å²) in [5.74, 6) is 2.40. The van der Waals surface area contributed by atoms with Gasteiger partial charge in [-0.1, -0.05) is 54.8 Å². The highest BCUT2D eigenvalue weighted by atomic mass is 16.6. The Kier molecular flexibility index (Phi) is 11.2. The summed E-state index contributed by atoms with van der Waals surface area (Å²) < 4.78 is 23.1. The Bertz CT molecular complexity index is 1360. The molecule has 7 nitrogen and oxygen atoms in total. The highest BCUT2D eigenvalue weighted by Crippen LogP contribution is 2.30. The number of esters is 1. The summed E-state index contributed by atoms with van der Waals surface area (Å²) >= 11 is 0. The van der Waals surface area contributed by atoms with Gasteiger partial charge in [0, 0.05) is 18.7 Å². The zero-order valence-corrected chi connectivity index (χ0v) is 25.4. The molecule has 0 N–H and O–H groups in total. The molecule has 0 saturated heterocycles. The van der Waals surface area contributed by atoms with Gasteiger partial charge in [-0.3, -0.25) is 4.90 Å². The molecule has 0 fully saturated rings. The van der Waals surface area contributed by atoms with Crippen LogP contribution in [0.3, 0.4) is 0 Å². The Balaban J connectivity index is 1.75. The number of benzene rings is 2. The molecule has 0 unspecified atom stereocenters. The molecule has 0 amide bonds. The van der Waals surface area contributed by atoms with Gasteiger partial charge in [0.15, 0.2) is 11.4 Å². The van der Waals surface area contributed by atoms with E-state index in [1.54, 1.807) is 33.2 Å². The quantitative estimate of drug-likeness (QED) is 0.115. The van der Waals surface area contributed by atoms with Gasteiger partial charge in [0.25, 0.3) is 0 Å². The molecule has 7 heteroatoms. The van der Waals surface area contributed by atoms with Gasteiger partial charge in [0.05, 0.1) is 19.3 Å². The molecular formula is C34H42N2O5. The van der Waals surface area contributed by atoms with Crippen LogP contribution in [-0.2, 0) is 27.4 Å². The van der Waals surface area contributed by atoms with E-state index >= 15 is 0 Å². The van der Waals surface area contributed by atoms with E-state index < -0.39 is 5.60 Å². The fourth-order valence-electron chi connectivity index (χ4n) is 4.42. The number of aromatic nitrogens is 1. The normalized spacial score (nSPS) is 12.0. The minimum absolute atomic E-state index is 0.308. The molecule has 0 aliphatic heterocycles. The Morgan fingerprint density at radius 1 is 1.10 bits per heavy atom. The van der Waals surface area contributed by atoms with E-state index in [-0.39, 0.29) is 5.97 Å². The van der Waals surface area contributed by atoms with E-state index in [1.807, 2.05) is 51.1 Å². The number of nitrogens with zero attached hydrogens (tertiary/aromatic N) is 2. The van der Waals surface area contributed by atoms with E-state index in [2.05, 4.69) is 41.3 Å². The Morgan fingerprint density at radius 2 is 1.78 bits per heavy atom. The van der Waals surface area contributed by atoms with Crippen molar-refractivity contribution in [2.24, 2.45) is 0 Å². The fraction of sp³-hybridized carbons (Fsp3) is 0.382. The lowest BCUT2D eigenvalue weighted by Gasteiger charge is -2.27. The topological polar surface area (TPSA) is 74.0 Å². The zero-order valence-electron chi connectivity index (χ0n) is 25.4. The number of rotatable bonds is 14. The van der Waals surface area contributed by atoms with Gasteiger partial charge in [0.1, 0.15) is 17.8 Å². The SMILES string of the molecule is C=C=C(O/C(C)=C(\C)CCN(Cc1cc(C)c(OC(C)(C)C(=O)OCC)c(C)c1)Cc1ncco1)c1ccccc1. The molecular weight excluding hydrogens is 516 g/mol. The zero-order chi connectivity index (χ0) is 30.0. The summed E-state index contributed by atoms with van der Waals surface area (Å²) in [6, 6.07) is 14.1. The molecule has 1 aromatic heterocycles. The van der Waals surface area contributed by atoms with E-state index in [9.17, 15) is 4.79 Å². The third-order valence-corrected chi connectivity index (χ3v) is 6.75. The highest BCUT2D eigenvalue weighted by Gasteiger charge is 2.32. The first kappa shape index (κ1) is 31.5. The lowest BCUT2D eigenvalue weighted by Crippen LogP contribution is -2.40. The third-order valence-electron chi connectivity index (χ3n) is 6.75. The van der Waals surface area contributed by atoms with Crippen LogP contribution < -0.4 is 4.74 Å². The minimum atomic E-state index is -1.09. The van der Waals surface area contributed by atoms with Crippen LogP contribution in [0.4, 0.5) is 0 Å². The molecule has 0 atom stereocenters. The molecule has 0 saturated carbocycles. The van der Waals surface area contributed by atoms with Crippen LogP contribution in [0.2, 0.25) is 0 Å². The summed E-state index contributed by atoms with van der Waals surface area (Å²) in [4.78, 5) is 19.0. The summed E-state index contributed by atoms with van der Waals surface area (Å²) in [5, 5.41) is 0. The lowest BCUT2D eigenvalue weighted by atomic mass is 10.0. The molecule has 0 aliphatic rings. The summed E-state index contributed by atoms with van der Waals surface area (Å²) in [6.45, 7) is 19.4. The average molecular weight is 559 g/mol. The summed E-state index contributed by atoms with van der Waals surface area (Å²) in [7, 11) is 0. The number of allylic oxidation sites excluding steroid dienone is 1. The van der Waals surface area contributed by atoms with Crippen molar-refractivity contribution in [3.05, 3.63) is 107 Å². The molecule has 0 radical (unpaired) electrons. The molecule has 0 bridgehead atoms. The second-order valence-corrected chi connectivity index (χ2v) is 10.6. The van der Waals surface area contributed by atoms with Crippen LogP contribution in [0.5, 0.6) is 5.75 Å². The maximum absolute atomic E-state index is 12.4. The number of hydrogen-bond acceptors (Lipinski definition) is 7. The number of ether oxygens (including phenoxy) is 3. The molecule has 3 aromatic rings. The van der Waals surface area contributed by atoms with Crippen molar-refractivity contribution >= 4 is 11.7 Å². The maximum Gasteiger partial charge on any atom is 0.349 e. The molecule has 3 rings (SSSR count). The van der Waals surface area contributed by atoms with Crippen molar-refractivity contribution in [2.75, 3.05) is 13.2 Å². The largest absolute Gasteiger partial charge is 0.476 e. The molecule has 0 spiro atoms. The van der Waals surface area contributed by atoms with Crippen molar-refractivity contribution in [1.29, 1.82) is 0 Å². The van der Waals surface area contributed by atoms with Gasteiger partial charge < -0.3 is 18.6 Å². The highest BCUT2D eigenvalue weighted by molar-refractivity contribution is 5.79. The van der Waals surface area contributed by atoms with Gasteiger partial charge in [-0.05, 0) is 77.2 Å². The van der Waals surface area contributed by atoms with Gasteiger partial charge in [0.2, 0.25) is 5.89 Å². The van der Waals surface area contributed by atoms with Crippen LogP contribution in [-0.4, -0.2) is 34.6 Å². The Hall–Kier alpha value is -4.06. The van der Waals surface area contributed by atoms with Crippen molar-refractivity contribution in [1.82, 2.24) is 9.88 Å². The van der Waals surface area contributed by atoms with Crippen LogP contribution in [0, 0.1) is 13.8 Å². The van der Waals surface area contributed by atoms with Gasteiger partial charge >= 0.3 is 5.97 Å². The summed E-state index contributed by atoms with van der Waals surface area (Å²) in [5.41, 5.74) is 6.93. The Labute approximate surface area is 244 Å². The van der Waals surface area contributed by atoms with Gasteiger partial charge in [-0.25, -0.2) is 9.78 Å².